The Morgan fingerprint density at radius 1 is 0.614 bits per heavy atom. The number of aliphatic carboxylic acids is 1. The number of halogens is 9. The highest BCUT2D eigenvalue weighted by atomic mass is 19.4. The van der Waals surface area contributed by atoms with Gasteiger partial charge in [0.1, 0.15) is 5.75 Å². The molecule has 4 rings (SSSR count). The maximum Gasteiger partial charge on any atom is 0.490 e. The fourth-order valence-corrected chi connectivity index (χ4v) is 4.42. The molecule has 1 aliphatic heterocycles. The molecule has 3 N–H and O–H groups in total. The highest BCUT2D eigenvalue weighted by Gasteiger charge is 2.71. The summed E-state index contributed by atoms with van der Waals surface area (Å²) in [5, 5.41) is 26.1. The van der Waals surface area contributed by atoms with Crippen molar-refractivity contribution in [2.75, 3.05) is 26.2 Å². The Balaban J connectivity index is 0.000000676. The largest absolute Gasteiger partial charge is 0.508 e. The summed E-state index contributed by atoms with van der Waals surface area (Å²) in [5.41, 5.74) is -2.97. The number of alkyl halides is 9. The minimum absolute atomic E-state index is 0.242. The van der Waals surface area contributed by atoms with Gasteiger partial charge in [0, 0.05) is 44.8 Å². The van der Waals surface area contributed by atoms with Crippen LogP contribution in [0.1, 0.15) is 16.7 Å². The molecular weight excluding hydrogens is 611 g/mol. The van der Waals surface area contributed by atoms with Gasteiger partial charge in [0.25, 0.3) is 5.60 Å². The Morgan fingerprint density at radius 2 is 0.932 bits per heavy atom. The molecule has 0 bridgehead atoms. The second kappa shape index (κ2) is 13.4. The van der Waals surface area contributed by atoms with E-state index in [9.17, 15) is 49.7 Å². The Kier molecular flexibility index (Phi) is 10.6. The summed E-state index contributed by atoms with van der Waals surface area (Å²) in [7, 11) is 0. The zero-order chi connectivity index (χ0) is 32.9. The number of aliphatic hydroxyl groups is 1. The van der Waals surface area contributed by atoms with Gasteiger partial charge in [-0.15, -0.1) is 0 Å². The third-order valence-electron chi connectivity index (χ3n) is 6.87. The molecule has 240 valence electrons. The number of carboxylic acids is 1. The van der Waals surface area contributed by atoms with Gasteiger partial charge in [-0.1, -0.05) is 60.7 Å². The van der Waals surface area contributed by atoms with Crippen molar-refractivity contribution in [3.05, 3.63) is 89.5 Å². The SMILES string of the molecule is O=C(O)C(F)(F)F.Oc1ccc(CN2CCN(Cc3ccc(-c4ccc(C(O)(C(F)(F)F)C(F)(F)F)cc4)cc3)CC2)cc1. The molecule has 0 unspecified atom stereocenters. The topological polar surface area (TPSA) is 84.2 Å². The minimum atomic E-state index is -5.91. The average molecular weight is 639 g/mol. The van der Waals surface area contributed by atoms with Crippen LogP contribution in [-0.2, 0) is 23.5 Å². The van der Waals surface area contributed by atoms with Crippen LogP contribution >= 0.6 is 0 Å². The first kappa shape index (κ1) is 34.7. The molecule has 0 saturated carbocycles. The molecule has 15 heteroatoms. The minimum Gasteiger partial charge on any atom is -0.508 e. The van der Waals surface area contributed by atoms with Crippen LogP contribution < -0.4 is 0 Å². The molecule has 3 aromatic carbocycles. The number of piperazine rings is 1. The van der Waals surface area contributed by atoms with E-state index in [1.165, 1.54) is 0 Å². The van der Waals surface area contributed by atoms with Crippen LogP contribution in [0.15, 0.2) is 72.8 Å². The number of hydrogen-bond donors (Lipinski definition) is 3. The number of rotatable bonds is 6. The van der Waals surface area contributed by atoms with E-state index in [-0.39, 0.29) is 5.75 Å². The quantitative estimate of drug-likeness (QED) is 0.274. The van der Waals surface area contributed by atoms with Crippen molar-refractivity contribution in [1.29, 1.82) is 0 Å². The van der Waals surface area contributed by atoms with Gasteiger partial charge in [-0.3, -0.25) is 9.80 Å². The lowest BCUT2D eigenvalue weighted by Crippen LogP contribution is -2.53. The molecule has 0 spiro atoms. The van der Waals surface area contributed by atoms with E-state index in [0.717, 1.165) is 62.5 Å². The molecule has 44 heavy (non-hydrogen) atoms. The highest BCUT2D eigenvalue weighted by molar-refractivity contribution is 5.73. The number of phenols is 1. The van der Waals surface area contributed by atoms with E-state index in [4.69, 9.17) is 9.90 Å². The van der Waals surface area contributed by atoms with Gasteiger partial charge in [0.05, 0.1) is 0 Å². The lowest BCUT2D eigenvalue weighted by molar-refractivity contribution is -0.376. The van der Waals surface area contributed by atoms with Crippen molar-refractivity contribution in [3.8, 4) is 16.9 Å². The number of nitrogens with zero attached hydrogens (tertiary/aromatic N) is 2. The summed E-state index contributed by atoms with van der Waals surface area (Å²) in [6, 6.07) is 18.1. The third kappa shape index (κ3) is 8.64. The fourth-order valence-electron chi connectivity index (χ4n) is 4.42. The zero-order valence-corrected chi connectivity index (χ0v) is 22.7. The van der Waals surface area contributed by atoms with Crippen LogP contribution in [0.3, 0.4) is 0 Å². The second-order valence-electron chi connectivity index (χ2n) is 10.0. The lowest BCUT2D eigenvalue weighted by atomic mass is 9.90. The summed E-state index contributed by atoms with van der Waals surface area (Å²) in [4.78, 5) is 13.5. The lowest BCUT2D eigenvalue weighted by Gasteiger charge is -2.34. The first-order chi connectivity index (χ1) is 20.3. The van der Waals surface area contributed by atoms with E-state index in [0.29, 0.717) is 23.3 Å². The Morgan fingerprint density at radius 3 is 1.25 bits per heavy atom. The molecule has 0 aromatic heterocycles. The van der Waals surface area contributed by atoms with Gasteiger partial charge in [0.2, 0.25) is 0 Å². The predicted octanol–water partition coefficient (Wildman–Crippen LogP) is 6.32. The highest BCUT2D eigenvalue weighted by Crippen LogP contribution is 2.50. The molecule has 0 aliphatic carbocycles. The summed E-state index contributed by atoms with van der Waals surface area (Å²) < 4.78 is 110. The van der Waals surface area contributed by atoms with E-state index < -0.39 is 35.7 Å². The van der Waals surface area contributed by atoms with E-state index in [2.05, 4.69) is 9.80 Å². The maximum atomic E-state index is 13.1. The fraction of sp³-hybridized carbons (Fsp3) is 0.345. The maximum absolute atomic E-state index is 13.1. The van der Waals surface area contributed by atoms with Gasteiger partial charge in [-0.25, -0.2) is 4.79 Å². The molecule has 1 aliphatic rings. The number of carbonyl (C=O) groups is 1. The van der Waals surface area contributed by atoms with Gasteiger partial charge < -0.3 is 15.3 Å². The van der Waals surface area contributed by atoms with Crippen LogP contribution in [-0.4, -0.2) is 75.8 Å². The molecule has 1 fully saturated rings. The van der Waals surface area contributed by atoms with Crippen molar-refractivity contribution < 1.29 is 59.6 Å². The van der Waals surface area contributed by atoms with E-state index in [1.54, 1.807) is 24.3 Å². The number of aromatic hydroxyl groups is 1. The molecular formula is C29H27F9N2O4. The Bertz CT molecular complexity index is 1350. The molecule has 0 amide bonds. The number of hydrogen-bond acceptors (Lipinski definition) is 5. The van der Waals surface area contributed by atoms with Crippen molar-refractivity contribution in [1.82, 2.24) is 9.80 Å². The molecule has 0 atom stereocenters. The van der Waals surface area contributed by atoms with Crippen LogP contribution in [0.2, 0.25) is 0 Å². The monoisotopic (exact) mass is 638 g/mol. The summed E-state index contributed by atoms with van der Waals surface area (Å²) in [5.74, 6) is -2.51. The average Bonchev–Trinajstić information content (AvgIpc) is 2.94. The first-order valence-corrected chi connectivity index (χ1v) is 12.9. The summed E-state index contributed by atoms with van der Waals surface area (Å²) in [6.07, 6.45) is -16.9. The van der Waals surface area contributed by atoms with Gasteiger partial charge in [0.15, 0.2) is 0 Å². The molecule has 3 aromatic rings. The van der Waals surface area contributed by atoms with Crippen molar-refractivity contribution in [2.45, 2.75) is 37.2 Å². The third-order valence-corrected chi connectivity index (χ3v) is 6.87. The van der Waals surface area contributed by atoms with Crippen LogP contribution in [0.5, 0.6) is 5.75 Å². The summed E-state index contributed by atoms with van der Waals surface area (Å²) in [6.45, 7) is 5.08. The smallest absolute Gasteiger partial charge is 0.490 e. The molecule has 1 saturated heterocycles. The van der Waals surface area contributed by atoms with Crippen molar-refractivity contribution in [3.63, 3.8) is 0 Å². The summed E-state index contributed by atoms with van der Waals surface area (Å²) >= 11 is 0. The standard InChI is InChI=1S/C27H26F6N2O2.C2HF3O2/c28-26(29,30)25(37,27(31,32)33)23-9-7-22(8-10-23)21-5-1-19(2-6-21)17-34-13-15-35(16-14-34)18-20-3-11-24(36)12-4-20;3-2(4,5)1(6)7/h1-12,36-37H,13-18H2;(H,6,7). The van der Waals surface area contributed by atoms with Crippen LogP contribution in [0.4, 0.5) is 39.5 Å². The van der Waals surface area contributed by atoms with Crippen LogP contribution in [0.25, 0.3) is 11.1 Å². The second-order valence-corrected chi connectivity index (χ2v) is 10.0. The number of phenolic OH excluding ortho intramolecular Hbond substituents is 1. The first-order valence-electron chi connectivity index (χ1n) is 12.9. The number of benzene rings is 3. The van der Waals surface area contributed by atoms with Gasteiger partial charge >= 0.3 is 24.5 Å². The zero-order valence-electron chi connectivity index (χ0n) is 22.7. The Hall–Kier alpha value is -3.82. The normalized spacial score (nSPS) is 15.4. The molecule has 1 heterocycles. The molecule has 0 radical (unpaired) electrons. The predicted molar refractivity (Wildman–Crippen MR) is 140 cm³/mol. The number of carboxylic acid groups (broad SMARTS) is 1. The van der Waals surface area contributed by atoms with Crippen molar-refractivity contribution >= 4 is 5.97 Å². The van der Waals surface area contributed by atoms with E-state index >= 15 is 0 Å². The van der Waals surface area contributed by atoms with Gasteiger partial charge in [-0.2, -0.15) is 39.5 Å². The van der Waals surface area contributed by atoms with Crippen molar-refractivity contribution in [2.24, 2.45) is 0 Å². The molecule has 6 nitrogen and oxygen atoms in total. The van der Waals surface area contributed by atoms with Gasteiger partial charge in [-0.05, 0) is 34.4 Å². The van der Waals surface area contributed by atoms with Crippen LogP contribution in [0, 0.1) is 0 Å². The van der Waals surface area contributed by atoms with E-state index in [1.807, 2.05) is 24.3 Å². The Labute approximate surface area is 245 Å².